The van der Waals surface area contributed by atoms with E-state index in [2.05, 4.69) is 20.9 Å². The second-order valence-electron chi connectivity index (χ2n) is 6.26. The van der Waals surface area contributed by atoms with E-state index in [0.29, 0.717) is 23.3 Å². The minimum atomic E-state index is -3.35. The summed E-state index contributed by atoms with van der Waals surface area (Å²) in [5.74, 6) is -2.22. The van der Waals surface area contributed by atoms with Gasteiger partial charge in [0.2, 0.25) is 5.91 Å². The summed E-state index contributed by atoms with van der Waals surface area (Å²) in [5, 5.41) is 8.01. The molecule has 1 heterocycles. The van der Waals surface area contributed by atoms with Gasteiger partial charge in [-0.2, -0.15) is 0 Å². The molecule has 4 nitrogen and oxygen atoms in total. The van der Waals surface area contributed by atoms with Crippen LogP contribution in [0.25, 0.3) is 0 Å². The van der Waals surface area contributed by atoms with Crippen molar-refractivity contribution in [2.24, 2.45) is 5.73 Å². The van der Waals surface area contributed by atoms with Gasteiger partial charge in [0.05, 0.1) is 20.4 Å². The average Bonchev–Trinajstić information content (AvgIpc) is 2.60. The Morgan fingerprint density at radius 1 is 1.38 bits per heavy atom. The van der Waals surface area contributed by atoms with Crippen molar-refractivity contribution in [1.29, 1.82) is 0 Å². The number of aromatic nitrogens is 1. The van der Waals surface area contributed by atoms with E-state index in [-0.39, 0.29) is 4.60 Å². The third kappa shape index (κ3) is 3.81. The summed E-state index contributed by atoms with van der Waals surface area (Å²) in [6.45, 7) is 4.53. The van der Waals surface area contributed by atoms with E-state index in [1.54, 1.807) is 0 Å². The van der Waals surface area contributed by atoms with Gasteiger partial charge in [0, 0.05) is 0 Å². The van der Waals surface area contributed by atoms with Gasteiger partial charge in [-0.15, -0.1) is 11.6 Å². The summed E-state index contributed by atoms with van der Waals surface area (Å²) in [4.78, 5) is 15.4. The zero-order chi connectivity index (χ0) is 20.3. The predicted octanol–water partition coefficient (Wildman–Crippen LogP) is 3.29. The maximum absolute atomic E-state index is 15.5. The second kappa shape index (κ2) is 9.03. The van der Waals surface area contributed by atoms with Crippen LogP contribution in [0.5, 0.6) is 0 Å². The highest BCUT2D eigenvalue weighted by molar-refractivity contribution is 9.10. The monoisotopic (exact) mass is 474 g/mol. The van der Waals surface area contributed by atoms with Crippen LogP contribution in [0.1, 0.15) is 26.5 Å². The molecule has 1 aromatic heterocycles. The zero-order valence-corrected chi connectivity index (χ0v) is 18.2. The number of aliphatic hydroxyl groups is 1. The van der Waals surface area contributed by atoms with Crippen LogP contribution in [0, 0.1) is 5.82 Å². The van der Waals surface area contributed by atoms with Gasteiger partial charge < -0.3 is 10.8 Å². The highest BCUT2D eigenvalue weighted by Gasteiger charge is 2.54. The average molecular weight is 476 g/mol. The summed E-state index contributed by atoms with van der Waals surface area (Å²) in [6, 6.07) is 3.61. The number of hydrogen-bond acceptors (Lipinski definition) is 3. The van der Waals surface area contributed by atoms with Gasteiger partial charge in [0.15, 0.2) is 0 Å². The Morgan fingerprint density at radius 3 is 2.23 bits per heavy atom. The quantitative estimate of drug-likeness (QED) is 0.327. The third-order valence-corrected chi connectivity index (χ3v) is 11.9. The van der Waals surface area contributed by atoms with Crippen LogP contribution < -0.4 is 10.9 Å². The highest BCUT2D eigenvalue weighted by atomic mass is 79.9. The minimum Gasteiger partial charge on any atom is -0.395 e. The van der Waals surface area contributed by atoms with Crippen LogP contribution >= 0.6 is 27.5 Å². The molecule has 148 valence electrons. The molecule has 1 unspecified atom stereocenters. The fourth-order valence-electron chi connectivity index (χ4n) is 3.33. The van der Waals surface area contributed by atoms with E-state index in [1.165, 1.54) is 6.07 Å². The molecule has 2 atom stereocenters. The molecule has 0 aromatic carbocycles. The van der Waals surface area contributed by atoms with Crippen LogP contribution in [-0.4, -0.2) is 42.5 Å². The van der Waals surface area contributed by atoms with E-state index in [1.807, 2.05) is 20.8 Å². The maximum atomic E-state index is 15.5. The van der Waals surface area contributed by atoms with Gasteiger partial charge in [0.1, 0.15) is 21.2 Å². The van der Waals surface area contributed by atoms with Crippen LogP contribution in [0.3, 0.4) is 0 Å². The number of nitrogens with two attached hydrogens (primary N) is 1. The molecule has 1 amide bonds. The lowest BCUT2D eigenvalue weighted by Crippen LogP contribution is -2.55. The molecule has 0 bridgehead atoms. The smallest absolute Gasteiger partial charge is 0.253 e. The molecule has 1 aromatic rings. The van der Waals surface area contributed by atoms with Gasteiger partial charge in [-0.3, -0.25) is 4.79 Å². The number of alkyl halides is 3. The molecule has 3 N–H and O–H groups in total. The lowest BCUT2D eigenvalue weighted by atomic mass is 9.80. The number of primary amides is 1. The number of amides is 1. The normalized spacial score (nSPS) is 15.8. The molecule has 26 heavy (non-hydrogen) atoms. The van der Waals surface area contributed by atoms with Crippen molar-refractivity contribution in [2.75, 3.05) is 6.61 Å². The first-order valence-corrected chi connectivity index (χ1v) is 12.1. The number of pyridine rings is 1. The summed E-state index contributed by atoms with van der Waals surface area (Å²) in [7, 11) is -2.32. The first-order chi connectivity index (χ1) is 12.1. The number of nitrogens with zero attached hydrogens (tertiary/aromatic N) is 1. The largest absolute Gasteiger partial charge is 0.395 e. The highest BCUT2D eigenvalue weighted by Crippen LogP contribution is 2.39. The topological polar surface area (TPSA) is 76.2 Å². The Labute approximate surface area is 165 Å². The van der Waals surface area contributed by atoms with Gasteiger partial charge in [-0.1, -0.05) is 38.9 Å². The first kappa shape index (κ1) is 23.4. The second-order valence-corrected chi connectivity index (χ2v) is 12.7. The molecule has 0 saturated heterocycles. The Morgan fingerprint density at radius 2 is 1.88 bits per heavy atom. The van der Waals surface area contributed by atoms with E-state index in [9.17, 15) is 18.7 Å². The predicted molar refractivity (Wildman–Crippen MR) is 102 cm³/mol. The maximum Gasteiger partial charge on any atom is 0.253 e. The third-order valence-electron chi connectivity index (χ3n) is 5.32. The van der Waals surface area contributed by atoms with Crippen molar-refractivity contribution in [1.82, 2.24) is 4.98 Å². The number of rotatable bonds is 9. The summed E-state index contributed by atoms with van der Waals surface area (Å²) in [6.07, 6.45) is -3.35. The van der Waals surface area contributed by atoms with Crippen molar-refractivity contribution >= 4 is 46.7 Å². The number of halogens is 5. The number of hydrogen-bond donors (Lipinski definition) is 2. The molecular weight excluding hydrogens is 453 g/mol. The molecular formula is C16H23BrClF3N2O2Si. The van der Waals surface area contributed by atoms with Gasteiger partial charge in [-0.05, 0) is 27.2 Å². The van der Waals surface area contributed by atoms with Crippen molar-refractivity contribution in [2.45, 2.75) is 56.1 Å². The van der Waals surface area contributed by atoms with E-state index in [4.69, 9.17) is 17.3 Å². The van der Waals surface area contributed by atoms with Crippen molar-refractivity contribution < 1.29 is 23.1 Å². The molecule has 10 heteroatoms. The van der Waals surface area contributed by atoms with Crippen LogP contribution in [0.15, 0.2) is 10.7 Å². The van der Waals surface area contributed by atoms with Crippen molar-refractivity contribution in [3.8, 4) is 0 Å². The van der Waals surface area contributed by atoms with Crippen LogP contribution in [-0.2, 0) is 10.2 Å². The Balaban J connectivity index is 3.89. The molecule has 0 radical (unpaired) electrons. The van der Waals surface area contributed by atoms with Crippen LogP contribution in [0.4, 0.5) is 13.2 Å². The number of carbonyl (C=O) groups is 1. The van der Waals surface area contributed by atoms with E-state index < -0.39 is 49.3 Å². The molecule has 0 spiro atoms. The SMILES string of the molecule is CC[Si](CC)(CC)c1cc(Br)nc([C@@](CO)(C(F)F)C(Cl)C(N)=O)c1F. The molecule has 0 saturated carbocycles. The summed E-state index contributed by atoms with van der Waals surface area (Å²) < 4.78 is 43.6. The van der Waals surface area contributed by atoms with Crippen molar-refractivity contribution in [3.05, 3.63) is 22.2 Å². The molecule has 1 rings (SSSR count). The van der Waals surface area contributed by atoms with E-state index in [0.717, 1.165) is 0 Å². The molecule has 0 aliphatic heterocycles. The molecule has 0 fully saturated rings. The lowest BCUT2D eigenvalue weighted by Gasteiger charge is -2.36. The molecule has 0 aliphatic rings. The van der Waals surface area contributed by atoms with Gasteiger partial charge in [0.25, 0.3) is 6.43 Å². The first-order valence-electron chi connectivity index (χ1n) is 8.27. The Kier molecular flexibility index (Phi) is 8.13. The number of carbonyl (C=O) groups excluding carboxylic acids is 1. The summed E-state index contributed by atoms with van der Waals surface area (Å²) >= 11 is 8.98. The lowest BCUT2D eigenvalue weighted by molar-refractivity contribution is -0.121. The Hall–Kier alpha value is -0.643. The molecule has 0 aliphatic carbocycles. The van der Waals surface area contributed by atoms with Crippen LogP contribution in [0.2, 0.25) is 18.1 Å². The minimum absolute atomic E-state index is 0.142. The number of aliphatic hydroxyl groups excluding tert-OH is 1. The fourth-order valence-corrected chi connectivity index (χ4v) is 7.88. The van der Waals surface area contributed by atoms with Crippen molar-refractivity contribution in [3.63, 3.8) is 0 Å². The van der Waals surface area contributed by atoms with Gasteiger partial charge in [-0.25, -0.2) is 18.2 Å². The standard InChI is InChI=1S/C16H23BrClF3N2O2Si/c1-4-26(5-2,6-3)9-7-10(17)23-13(11(9)19)16(8-24,15(20)21)12(18)14(22)25/h7,12,15,24H,4-6,8H2,1-3H3,(H2,22,25)/t12?,16-/m0/s1. The Bertz CT molecular complexity index is 656. The van der Waals surface area contributed by atoms with E-state index >= 15 is 4.39 Å². The fraction of sp³-hybridized carbons (Fsp3) is 0.625. The van der Waals surface area contributed by atoms with Gasteiger partial charge >= 0.3 is 0 Å². The summed E-state index contributed by atoms with van der Waals surface area (Å²) in [5.41, 5.74) is 1.63. The zero-order valence-electron chi connectivity index (χ0n) is 14.8.